The Morgan fingerprint density at radius 3 is 2.11 bits per heavy atom. The summed E-state index contributed by atoms with van der Waals surface area (Å²) in [4.78, 5) is 59.2. The van der Waals surface area contributed by atoms with E-state index < -0.39 is 39.1 Å². The van der Waals surface area contributed by atoms with Crippen LogP contribution in [-0.2, 0) is 9.59 Å². The second kappa shape index (κ2) is 9.95. The van der Waals surface area contributed by atoms with E-state index in [0.29, 0.717) is 11.3 Å². The first kappa shape index (κ1) is 24.5. The van der Waals surface area contributed by atoms with E-state index in [1.807, 2.05) is 0 Å². The molecule has 0 unspecified atom stereocenters. The van der Waals surface area contributed by atoms with E-state index in [4.69, 9.17) is 9.47 Å². The van der Waals surface area contributed by atoms with Gasteiger partial charge in [0.1, 0.15) is 17.1 Å². The minimum Gasteiger partial charge on any atom is -0.497 e. The summed E-state index contributed by atoms with van der Waals surface area (Å²) in [6, 6.07) is 14.0. The number of hydrogen-bond acceptors (Lipinski definition) is 9. The van der Waals surface area contributed by atoms with E-state index >= 15 is 0 Å². The third-order valence-corrected chi connectivity index (χ3v) is 5.20. The maximum atomic E-state index is 13.0. The molecule has 0 spiro atoms. The van der Waals surface area contributed by atoms with Crippen LogP contribution in [-0.4, -0.2) is 34.8 Å². The van der Waals surface area contributed by atoms with Crippen molar-refractivity contribution in [2.45, 2.75) is 0 Å². The van der Waals surface area contributed by atoms with Gasteiger partial charge in [-0.05, 0) is 54.1 Å². The first-order chi connectivity index (χ1) is 17.7. The minimum absolute atomic E-state index is 0.161. The summed E-state index contributed by atoms with van der Waals surface area (Å²) in [7, 11) is 1.47. The van der Waals surface area contributed by atoms with E-state index in [0.717, 1.165) is 23.1 Å². The number of barbiturate groups is 1. The highest BCUT2D eigenvalue weighted by Gasteiger charge is 2.36. The van der Waals surface area contributed by atoms with E-state index in [1.165, 1.54) is 49.6 Å². The predicted octanol–water partition coefficient (Wildman–Crippen LogP) is 3.97. The number of ether oxygens (including phenoxy) is 2. The predicted molar refractivity (Wildman–Crippen MR) is 128 cm³/mol. The molecule has 1 aliphatic heterocycles. The molecule has 1 N–H and O–H groups in total. The van der Waals surface area contributed by atoms with Crippen molar-refractivity contribution in [3.05, 3.63) is 98.1 Å². The molecular formula is C24H16N4O9. The first-order valence-electron chi connectivity index (χ1n) is 10.4. The van der Waals surface area contributed by atoms with Crippen LogP contribution in [0.15, 0.2) is 72.3 Å². The average molecular weight is 504 g/mol. The van der Waals surface area contributed by atoms with Gasteiger partial charge in [0.15, 0.2) is 0 Å². The molecule has 4 amide bonds. The number of non-ortho nitro benzene ring substituents is 1. The van der Waals surface area contributed by atoms with Crippen molar-refractivity contribution >= 4 is 41.0 Å². The van der Waals surface area contributed by atoms with Crippen LogP contribution in [0.2, 0.25) is 0 Å². The Hall–Kier alpha value is -5.59. The lowest BCUT2D eigenvalue weighted by Gasteiger charge is -2.26. The third-order valence-electron chi connectivity index (χ3n) is 5.20. The number of benzene rings is 3. The maximum Gasteiger partial charge on any atom is 0.335 e. The zero-order valence-corrected chi connectivity index (χ0v) is 18.9. The van der Waals surface area contributed by atoms with Crippen molar-refractivity contribution in [2.75, 3.05) is 12.0 Å². The number of imide groups is 2. The van der Waals surface area contributed by atoms with E-state index in [2.05, 4.69) is 5.32 Å². The zero-order chi connectivity index (χ0) is 26.7. The fourth-order valence-corrected chi connectivity index (χ4v) is 3.40. The second-order valence-electron chi connectivity index (χ2n) is 7.49. The summed E-state index contributed by atoms with van der Waals surface area (Å²) >= 11 is 0. The van der Waals surface area contributed by atoms with Crippen molar-refractivity contribution in [1.82, 2.24) is 5.32 Å². The molecule has 1 saturated heterocycles. The maximum absolute atomic E-state index is 13.0. The highest BCUT2D eigenvalue weighted by molar-refractivity contribution is 6.39. The molecule has 37 heavy (non-hydrogen) atoms. The molecule has 3 aromatic carbocycles. The standard InChI is InChI=1S/C24H16N4O9/c1-36-17-9-4-15(5-10-17)26-23(30)19(22(29)25-24(26)31)12-14-2-7-18(8-3-14)37-21-11-6-16(27(32)33)13-20(21)28(34)35/h2-13H,1H3,(H,25,29,31)/b19-12+. The molecule has 0 aromatic heterocycles. The highest BCUT2D eigenvalue weighted by Crippen LogP contribution is 2.34. The Morgan fingerprint density at radius 2 is 1.51 bits per heavy atom. The molecule has 1 heterocycles. The van der Waals surface area contributed by atoms with E-state index in [-0.39, 0.29) is 22.8 Å². The van der Waals surface area contributed by atoms with Crippen LogP contribution in [0.25, 0.3) is 6.08 Å². The van der Waals surface area contributed by atoms with Crippen LogP contribution in [0.5, 0.6) is 17.2 Å². The van der Waals surface area contributed by atoms with Gasteiger partial charge in [-0.25, -0.2) is 9.69 Å². The molecule has 0 atom stereocenters. The molecule has 0 radical (unpaired) electrons. The van der Waals surface area contributed by atoms with Gasteiger partial charge in [-0.1, -0.05) is 12.1 Å². The molecule has 1 aliphatic rings. The number of urea groups is 1. The molecule has 1 fully saturated rings. The minimum atomic E-state index is -0.897. The van der Waals surface area contributed by atoms with Crippen LogP contribution in [0.1, 0.15) is 5.56 Å². The number of methoxy groups -OCH3 is 1. The molecule has 186 valence electrons. The number of nitro groups is 2. The zero-order valence-electron chi connectivity index (χ0n) is 18.9. The Bertz CT molecular complexity index is 1460. The van der Waals surface area contributed by atoms with Gasteiger partial charge >= 0.3 is 11.7 Å². The summed E-state index contributed by atoms with van der Waals surface area (Å²) in [5.41, 5.74) is -0.718. The van der Waals surface area contributed by atoms with Gasteiger partial charge in [0, 0.05) is 6.07 Å². The third kappa shape index (κ3) is 5.09. The van der Waals surface area contributed by atoms with Gasteiger partial charge < -0.3 is 9.47 Å². The lowest BCUT2D eigenvalue weighted by Crippen LogP contribution is -2.54. The number of nitrogens with zero attached hydrogens (tertiary/aromatic N) is 3. The van der Waals surface area contributed by atoms with Gasteiger partial charge in [0.05, 0.1) is 28.7 Å². The number of hydrogen-bond donors (Lipinski definition) is 1. The molecule has 3 aromatic rings. The number of amides is 4. The smallest absolute Gasteiger partial charge is 0.335 e. The Morgan fingerprint density at radius 1 is 0.865 bits per heavy atom. The Labute approximate surface area is 207 Å². The fourth-order valence-electron chi connectivity index (χ4n) is 3.40. The monoisotopic (exact) mass is 504 g/mol. The molecule has 0 saturated carbocycles. The number of nitrogens with one attached hydrogen (secondary N) is 1. The first-order valence-corrected chi connectivity index (χ1v) is 10.4. The summed E-state index contributed by atoms with van der Waals surface area (Å²) in [6.07, 6.45) is 1.28. The van der Waals surface area contributed by atoms with Crippen LogP contribution in [0, 0.1) is 20.2 Å². The Kier molecular flexibility index (Phi) is 6.60. The van der Waals surface area contributed by atoms with Crippen LogP contribution in [0.4, 0.5) is 21.9 Å². The van der Waals surface area contributed by atoms with E-state index in [1.54, 1.807) is 12.1 Å². The fraction of sp³-hybridized carbons (Fsp3) is 0.0417. The molecule has 0 bridgehead atoms. The summed E-state index contributed by atoms with van der Waals surface area (Å²) in [5, 5.41) is 24.3. The summed E-state index contributed by atoms with van der Waals surface area (Å²) < 4.78 is 10.6. The molecule has 13 heteroatoms. The number of rotatable bonds is 7. The average Bonchev–Trinajstić information content (AvgIpc) is 2.87. The molecule has 4 rings (SSSR count). The van der Waals surface area contributed by atoms with Crippen molar-refractivity contribution in [3.8, 4) is 17.2 Å². The number of carbonyl (C=O) groups is 3. The van der Waals surface area contributed by atoms with Gasteiger partial charge in [-0.3, -0.25) is 35.1 Å². The molecular weight excluding hydrogens is 488 g/mol. The van der Waals surface area contributed by atoms with Crippen LogP contribution in [0.3, 0.4) is 0 Å². The van der Waals surface area contributed by atoms with Gasteiger partial charge in [-0.15, -0.1) is 0 Å². The SMILES string of the molecule is COc1ccc(N2C(=O)NC(=O)/C(=C\c3ccc(Oc4ccc([N+](=O)[O-])cc4[N+](=O)[O-])cc3)C2=O)cc1. The van der Waals surface area contributed by atoms with Gasteiger partial charge in [-0.2, -0.15) is 0 Å². The number of anilines is 1. The second-order valence-corrected chi connectivity index (χ2v) is 7.49. The molecule has 0 aliphatic carbocycles. The van der Waals surface area contributed by atoms with Crippen molar-refractivity contribution in [2.24, 2.45) is 0 Å². The quantitative estimate of drug-likeness (QED) is 0.216. The van der Waals surface area contributed by atoms with Gasteiger partial charge in [0.25, 0.3) is 17.5 Å². The van der Waals surface area contributed by atoms with Gasteiger partial charge in [0.2, 0.25) is 5.75 Å². The summed E-state index contributed by atoms with van der Waals surface area (Å²) in [6.45, 7) is 0. The van der Waals surface area contributed by atoms with Crippen LogP contribution >= 0.6 is 0 Å². The normalized spacial score (nSPS) is 14.4. The van der Waals surface area contributed by atoms with Crippen LogP contribution < -0.4 is 19.7 Å². The number of carbonyl (C=O) groups excluding carboxylic acids is 3. The van der Waals surface area contributed by atoms with Crippen molar-refractivity contribution in [1.29, 1.82) is 0 Å². The highest BCUT2D eigenvalue weighted by atomic mass is 16.6. The molecule has 13 nitrogen and oxygen atoms in total. The van der Waals surface area contributed by atoms with E-state index in [9.17, 15) is 34.6 Å². The van der Waals surface area contributed by atoms with Crippen molar-refractivity contribution in [3.63, 3.8) is 0 Å². The lowest BCUT2D eigenvalue weighted by atomic mass is 10.1. The number of nitro benzene ring substituents is 2. The largest absolute Gasteiger partial charge is 0.497 e. The Balaban J connectivity index is 1.57. The lowest BCUT2D eigenvalue weighted by molar-refractivity contribution is -0.394. The summed E-state index contributed by atoms with van der Waals surface area (Å²) in [5.74, 6) is -1.24. The van der Waals surface area contributed by atoms with Crippen molar-refractivity contribution < 1.29 is 33.7 Å². The topological polar surface area (TPSA) is 171 Å².